The van der Waals surface area contributed by atoms with Crippen LogP contribution in [0.3, 0.4) is 0 Å². The fraction of sp³-hybridized carbons (Fsp3) is 0.500. The van der Waals surface area contributed by atoms with Crippen LogP contribution in [0.25, 0.3) is 0 Å². The van der Waals surface area contributed by atoms with Gasteiger partial charge in [0.05, 0.1) is 0 Å². The van der Waals surface area contributed by atoms with Crippen molar-refractivity contribution in [1.29, 1.82) is 0 Å². The summed E-state index contributed by atoms with van der Waals surface area (Å²) in [6.07, 6.45) is 1.77. The molecular weight excluding hydrogens is 286 g/mol. The number of halogens is 1. The van der Waals surface area contributed by atoms with E-state index in [9.17, 15) is 4.79 Å². The Balaban J connectivity index is 2.28. The lowest BCUT2D eigenvalue weighted by Gasteiger charge is -2.23. The molecule has 1 aliphatic heterocycles. The van der Waals surface area contributed by atoms with Crippen LogP contribution in [0.4, 0.5) is 11.8 Å². The average molecular weight is 300 g/mol. The van der Waals surface area contributed by atoms with Gasteiger partial charge in [0, 0.05) is 19.7 Å². The minimum atomic E-state index is -0.200. The minimum Gasteiger partial charge on any atom is -0.383 e. The second kappa shape index (κ2) is 4.87. The molecule has 0 aliphatic carbocycles. The van der Waals surface area contributed by atoms with E-state index in [4.69, 9.17) is 5.73 Å². The molecule has 0 radical (unpaired) electrons. The van der Waals surface area contributed by atoms with Crippen LogP contribution in [-0.2, 0) is 4.79 Å². The summed E-state index contributed by atoms with van der Waals surface area (Å²) in [5, 5.41) is 2.66. The second-order valence-corrected chi connectivity index (χ2v) is 4.69. The molecule has 1 amide bonds. The van der Waals surface area contributed by atoms with Crippen molar-refractivity contribution in [3.05, 3.63) is 10.7 Å². The third-order valence-corrected chi connectivity index (χ3v) is 3.17. The number of nitrogen functional groups attached to an aromatic ring is 1. The van der Waals surface area contributed by atoms with E-state index in [1.165, 1.54) is 0 Å². The molecule has 1 atom stereocenters. The van der Waals surface area contributed by atoms with Crippen molar-refractivity contribution in [2.45, 2.75) is 18.9 Å². The number of amides is 1. The minimum absolute atomic E-state index is 0.00959. The number of hydrogen-bond acceptors (Lipinski definition) is 5. The summed E-state index contributed by atoms with van der Waals surface area (Å²) in [6.45, 7) is 0.772. The van der Waals surface area contributed by atoms with E-state index in [1.54, 1.807) is 13.1 Å². The van der Waals surface area contributed by atoms with Crippen LogP contribution >= 0.6 is 15.9 Å². The number of rotatable bonds is 2. The lowest BCUT2D eigenvalue weighted by Crippen LogP contribution is -2.42. The lowest BCUT2D eigenvalue weighted by atomic mass is 10.2. The molecular formula is C10H14BrN5O. The second-order valence-electron chi connectivity index (χ2n) is 3.88. The molecule has 7 heteroatoms. The maximum atomic E-state index is 11.7. The number of nitrogens with zero attached hydrogens (tertiary/aromatic N) is 3. The van der Waals surface area contributed by atoms with Gasteiger partial charge in [0.25, 0.3) is 0 Å². The Bertz CT molecular complexity index is 418. The Kier molecular flexibility index (Phi) is 3.46. The molecule has 2 heterocycles. The maximum Gasteiger partial charge on any atom is 0.242 e. The molecule has 0 saturated carbocycles. The zero-order valence-electron chi connectivity index (χ0n) is 9.48. The van der Waals surface area contributed by atoms with Crippen molar-refractivity contribution in [1.82, 2.24) is 15.3 Å². The number of aromatic nitrogens is 2. The third kappa shape index (κ3) is 2.49. The highest BCUT2D eigenvalue weighted by molar-refractivity contribution is 9.10. The first-order valence-electron chi connectivity index (χ1n) is 5.40. The molecule has 17 heavy (non-hydrogen) atoms. The van der Waals surface area contributed by atoms with E-state index in [0.717, 1.165) is 19.4 Å². The molecule has 0 aromatic carbocycles. The normalized spacial score (nSPS) is 19.4. The lowest BCUT2D eigenvalue weighted by molar-refractivity contribution is -0.121. The van der Waals surface area contributed by atoms with E-state index >= 15 is 0 Å². The highest BCUT2D eigenvalue weighted by Crippen LogP contribution is 2.24. The fourth-order valence-corrected chi connectivity index (χ4v) is 2.39. The van der Waals surface area contributed by atoms with Gasteiger partial charge in [0.15, 0.2) is 0 Å². The van der Waals surface area contributed by atoms with Crippen LogP contribution < -0.4 is 16.0 Å². The summed E-state index contributed by atoms with van der Waals surface area (Å²) in [5.74, 6) is 0.886. The van der Waals surface area contributed by atoms with Gasteiger partial charge >= 0.3 is 0 Å². The van der Waals surface area contributed by atoms with Crippen LogP contribution in [0, 0.1) is 0 Å². The van der Waals surface area contributed by atoms with Crippen LogP contribution in [0.2, 0.25) is 0 Å². The number of hydrogen-bond donors (Lipinski definition) is 2. The van der Waals surface area contributed by atoms with Gasteiger partial charge in [-0.25, -0.2) is 4.98 Å². The van der Waals surface area contributed by atoms with Gasteiger partial charge in [0.2, 0.25) is 11.9 Å². The Labute approximate surface area is 108 Å². The SMILES string of the molecule is CNC(=O)C1CCCN1c1nc(N)cc(Br)n1. The number of likely N-dealkylation sites (N-methyl/N-ethyl adjacent to an activating group) is 1. The summed E-state index contributed by atoms with van der Waals surface area (Å²) < 4.78 is 0.627. The summed E-state index contributed by atoms with van der Waals surface area (Å²) in [6, 6.07) is 1.43. The molecule has 1 unspecified atom stereocenters. The van der Waals surface area contributed by atoms with Crippen molar-refractivity contribution in [2.24, 2.45) is 0 Å². The zero-order valence-corrected chi connectivity index (χ0v) is 11.1. The summed E-state index contributed by atoms with van der Waals surface area (Å²) in [5.41, 5.74) is 5.67. The van der Waals surface area contributed by atoms with Gasteiger partial charge < -0.3 is 16.0 Å². The van der Waals surface area contributed by atoms with Gasteiger partial charge in [-0.2, -0.15) is 4.98 Å². The molecule has 2 rings (SSSR count). The third-order valence-electron chi connectivity index (χ3n) is 2.76. The van der Waals surface area contributed by atoms with Gasteiger partial charge in [-0.3, -0.25) is 4.79 Å². The van der Waals surface area contributed by atoms with Gasteiger partial charge in [0.1, 0.15) is 16.5 Å². The average Bonchev–Trinajstić information content (AvgIpc) is 2.75. The molecule has 0 bridgehead atoms. The van der Waals surface area contributed by atoms with Crippen LogP contribution in [0.15, 0.2) is 10.7 Å². The van der Waals surface area contributed by atoms with Crippen molar-refractivity contribution < 1.29 is 4.79 Å². The first kappa shape index (κ1) is 12.1. The van der Waals surface area contributed by atoms with Crippen LogP contribution in [0.1, 0.15) is 12.8 Å². The molecule has 3 N–H and O–H groups in total. The molecule has 1 aromatic heterocycles. The van der Waals surface area contributed by atoms with Gasteiger partial charge in [-0.15, -0.1) is 0 Å². The van der Waals surface area contributed by atoms with Crippen molar-refractivity contribution >= 4 is 33.6 Å². The van der Waals surface area contributed by atoms with Crippen molar-refractivity contribution in [3.8, 4) is 0 Å². The quantitative estimate of drug-likeness (QED) is 0.779. The van der Waals surface area contributed by atoms with Gasteiger partial charge in [-0.1, -0.05) is 0 Å². The smallest absolute Gasteiger partial charge is 0.242 e. The molecule has 0 spiro atoms. The van der Waals surface area contributed by atoms with Crippen LogP contribution in [0.5, 0.6) is 0 Å². The fourth-order valence-electron chi connectivity index (χ4n) is 2.00. The number of nitrogens with two attached hydrogens (primary N) is 1. The highest BCUT2D eigenvalue weighted by Gasteiger charge is 2.32. The molecule has 1 saturated heterocycles. The van der Waals surface area contributed by atoms with E-state index in [1.807, 2.05) is 4.90 Å². The Hall–Kier alpha value is -1.37. The van der Waals surface area contributed by atoms with E-state index in [0.29, 0.717) is 16.4 Å². The van der Waals surface area contributed by atoms with E-state index in [2.05, 4.69) is 31.2 Å². The summed E-state index contributed by atoms with van der Waals surface area (Å²) in [7, 11) is 1.63. The molecule has 1 aromatic rings. The number of carbonyl (C=O) groups is 1. The van der Waals surface area contributed by atoms with Crippen molar-refractivity contribution in [2.75, 3.05) is 24.2 Å². The van der Waals surface area contributed by atoms with E-state index < -0.39 is 0 Å². The highest BCUT2D eigenvalue weighted by atomic mass is 79.9. The van der Waals surface area contributed by atoms with Crippen molar-refractivity contribution in [3.63, 3.8) is 0 Å². The number of anilines is 2. The Morgan fingerprint density at radius 2 is 2.41 bits per heavy atom. The molecule has 1 fully saturated rings. The summed E-state index contributed by atoms with van der Waals surface area (Å²) in [4.78, 5) is 22.0. The first-order valence-corrected chi connectivity index (χ1v) is 6.19. The topological polar surface area (TPSA) is 84.1 Å². The van der Waals surface area contributed by atoms with Crippen LogP contribution in [-0.4, -0.2) is 35.5 Å². The first-order chi connectivity index (χ1) is 8.11. The summed E-state index contributed by atoms with van der Waals surface area (Å²) >= 11 is 3.28. The van der Waals surface area contributed by atoms with E-state index in [-0.39, 0.29) is 11.9 Å². The Morgan fingerprint density at radius 1 is 1.65 bits per heavy atom. The molecule has 1 aliphatic rings. The largest absolute Gasteiger partial charge is 0.383 e. The predicted octanol–water partition coefficient (Wildman–Crippen LogP) is 0.536. The van der Waals surface area contributed by atoms with Gasteiger partial charge in [-0.05, 0) is 28.8 Å². The maximum absolute atomic E-state index is 11.7. The predicted molar refractivity (Wildman–Crippen MR) is 68.6 cm³/mol. The number of carbonyl (C=O) groups excluding carboxylic acids is 1. The molecule has 92 valence electrons. The Morgan fingerprint density at radius 3 is 3.06 bits per heavy atom. The monoisotopic (exact) mass is 299 g/mol. The zero-order chi connectivity index (χ0) is 12.4. The standard InChI is InChI=1S/C10H14BrN5O/c1-13-9(17)6-3-2-4-16(6)10-14-7(11)5-8(12)15-10/h5-6H,2-4H2,1H3,(H,13,17)(H2,12,14,15). The number of nitrogens with one attached hydrogen (secondary N) is 1. The molecule has 6 nitrogen and oxygen atoms in total.